The predicted octanol–water partition coefficient (Wildman–Crippen LogP) is 2.29. The predicted molar refractivity (Wildman–Crippen MR) is 140 cm³/mol. The molecule has 3 aromatic rings. The zero-order valence-electron chi connectivity index (χ0n) is 20.8. The van der Waals surface area contributed by atoms with Crippen molar-refractivity contribution in [3.63, 3.8) is 0 Å². The van der Waals surface area contributed by atoms with E-state index < -0.39 is 11.9 Å². The number of ether oxygens (including phenoxy) is 4. The minimum Gasteiger partial charge on any atom is -0.487 e. The molecule has 1 heterocycles. The van der Waals surface area contributed by atoms with Gasteiger partial charge in [0.15, 0.2) is 11.5 Å². The van der Waals surface area contributed by atoms with Crippen LogP contribution in [-0.2, 0) is 19.1 Å². The summed E-state index contributed by atoms with van der Waals surface area (Å²) in [6.45, 7) is 1.73. The normalized spacial score (nSPS) is 10.0. The fraction of sp³-hybridized carbons (Fsp3) is 0.231. The van der Waals surface area contributed by atoms with E-state index in [1.807, 2.05) is 36.4 Å². The highest BCUT2D eigenvalue weighted by Crippen LogP contribution is 2.35. The number of methoxy groups -OCH3 is 2. The van der Waals surface area contributed by atoms with Gasteiger partial charge in [0.2, 0.25) is 0 Å². The number of carboxylic acid groups (broad SMARTS) is 2. The molecular formula is C26H29N3O9. The largest absolute Gasteiger partial charge is 0.487 e. The van der Waals surface area contributed by atoms with Gasteiger partial charge in [-0.15, -0.1) is 6.42 Å². The quantitative estimate of drug-likeness (QED) is 0.179. The van der Waals surface area contributed by atoms with E-state index in [4.69, 9.17) is 35.6 Å². The third-order valence-electron chi connectivity index (χ3n) is 4.45. The number of terminal acetylenes is 1. The number of aromatic nitrogens is 2. The lowest BCUT2D eigenvalue weighted by Crippen LogP contribution is -2.09. The number of hydrogen-bond donors (Lipinski definition) is 3. The van der Waals surface area contributed by atoms with Crippen LogP contribution in [-0.4, -0.2) is 78.2 Å². The summed E-state index contributed by atoms with van der Waals surface area (Å²) < 4.78 is 21.8. The summed E-state index contributed by atoms with van der Waals surface area (Å²) in [4.78, 5) is 27.9. The average molecular weight is 528 g/mol. The lowest BCUT2D eigenvalue weighted by atomic mass is 10.2. The maximum absolute atomic E-state index is 9.55. The maximum atomic E-state index is 9.55. The van der Waals surface area contributed by atoms with Crippen molar-refractivity contribution in [3.8, 4) is 23.8 Å². The van der Waals surface area contributed by atoms with Gasteiger partial charge in [0.1, 0.15) is 25.4 Å². The number of nitrogens with one attached hydrogen (secondary N) is 1. The monoisotopic (exact) mass is 527 g/mol. The molecule has 0 aliphatic rings. The van der Waals surface area contributed by atoms with Gasteiger partial charge in [-0.3, -0.25) is 0 Å². The van der Waals surface area contributed by atoms with E-state index in [2.05, 4.69) is 21.2 Å². The molecule has 0 spiro atoms. The van der Waals surface area contributed by atoms with Gasteiger partial charge in [-0.2, -0.15) is 0 Å². The van der Waals surface area contributed by atoms with Gasteiger partial charge in [0.25, 0.3) is 0 Å². The first-order chi connectivity index (χ1) is 17.9. The van der Waals surface area contributed by atoms with Crippen LogP contribution in [0.2, 0.25) is 0 Å². The number of benzene rings is 2. The van der Waals surface area contributed by atoms with Gasteiger partial charge in [0.05, 0.1) is 18.7 Å². The molecule has 0 radical (unpaired) electrons. The minimum absolute atomic E-state index is 0. The van der Waals surface area contributed by atoms with E-state index in [0.717, 1.165) is 22.2 Å². The second-order valence-corrected chi connectivity index (χ2v) is 7.08. The topological polar surface area (TPSA) is 181 Å². The molecule has 12 nitrogen and oxygen atoms in total. The van der Waals surface area contributed by atoms with Gasteiger partial charge in [-0.25, -0.2) is 19.6 Å². The molecule has 0 unspecified atom stereocenters. The minimum atomic E-state index is -1.26. The Morgan fingerprint density at radius 2 is 1.55 bits per heavy atom. The van der Waals surface area contributed by atoms with Crippen LogP contribution in [0.15, 0.2) is 54.9 Å². The SMILES string of the molecule is C#Cc1cccc(Nc2ncnc3cc(OCCOC)c(OCCOC)cc23)c1.O.O=C(O)/C=C\C(=O)O. The molecule has 5 N–H and O–H groups in total. The standard InChI is InChI=1S/C22H23N3O4.C4H4O4.H2O/c1-4-16-6-5-7-17(12-16)25-22-18-13-20(28-10-8-26-2)21(29-11-9-27-3)14-19(18)23-15-24-22;5-3(6)1-2-4(7)8;/h1,5-7,12-15H,8-11H2,2-3H3,(H,23,24,25);1-2H,(H,5,6)(H,7,8);1H2/b;2-1-;. The smallest absolute Gasteiger partial charge is 0.328 e. The lowest BCUT2D eigenvalue weighted by molar-refractivity contribution is -0.134. The summed E-state index contributed by atoms with van der Waals surface area (Å²) in [5.74, 6) is 1.93. The van der Waals surface area contributed by atoms with Gasteiger partial charge in [-0.1, -0.05) is 12.0 Å². The highest BCUT2D eigenvalue weighted by Gasteiger charge is 2.13. The number of anilines is 2. The molecule has 12 heteroatoms. The van der Waals surface area contributed by atoms with Gasteiger partial charge in [0, 0.05) is 49.1 Å². The number of fused-ring (bicyclic) bond motifs is 1. The Morgan fingerprint density at radius 3 is 2.11 bits per heavy atom. The summed E-state index contributed by atoms with van der Waals surface area (Å²) in [6.07, 6.45) is 8.11. The van der Waals surface area contributed by atoms with Crippen LogP contribution in [0, 0.1) is 12.3 Å². The van der Waals surface area contributed by atoms with Gasteiger partial charge in [-0.05, 0) is 24.3 Å². The maximum Gasteiger partial charge on any atom is 0.328 e. The van der Waals surface area contributed by atoms with Crippen LogP contribution in [0.5, 0.6) is 11.5 Å². The summed E-state index contributed by atoms with van der Waals surface area (Å²) >= 11 is 0. The van der Waals surface area contributed by atoms with Crippen LogP contribution < -0.4 is 14.8 Å². The zero-order valence-corrected chi connectivity index (χ0v) is 20.8. The third kappa shape index (κ3) is 10.5. The number of aliphatic carboxylic acids is 2. The summed E-state index contributed by atoms with van der Waals surface area (Å²) in [6, 6.07) is 11.3. The fourth-order valence-corrected chi connectivity index (χ4v) is 2.83. The number of rotatable bonds is 12. The Kier molecular flexibility index (Phi) is 13.9. The van der Waals surface area contributed by atoms with Crippen molar-refractivity contribution in [2.24, 2.45) is 0 Å². The van der Waals surface area contributed by atoms with Crippen LogP contribution >= 0.6 is 0 Å². The first-order valence-electron chi connectivity index (χ1n) is 10.9. The highest BCUT2D eigenvalue weighted by atomic mass is 16.5. The molecule has 0 saturated carbocycles. The number of nitrogens with zero attached hydrogens (tertiary/aromatic N) is 2. The fourth-order valence-electron chi connectivity index (χ4n) is 2.83. The molecule has 2 aromatic carbocycles. The Hall–Kier alpha value is -4.70. The van der Waals surface area contributed by atoms with E-state index in [1.165, 1.54) is 6.33 Å². The molecule has 0 amide bonds. The van der Waals surface area contributed by atoms with Crippen molar-refractivity contribution in [2.45, 2.75) is 0 Å². The molecule has 0 saturated heterocycles. The van der Waals surface area contributed by atoms with Crippen LogP contribution in [0.3, 0.4) is 0 Å². The van der Waals surface area contributed by atoms with Crippen LogP contribution in [0.4, 0.5) is 11.5 Å². The number of carbonyl (C=O) groups is 2. The molecule has 0 aliphatic carbocycles. The summed E-state index contributed by atoms with van der Waals surface area (Å²) in [7, 11) is 3.25. The van der Waals surface area contributed by atoms with E-state index in [0.29, 0.717) is 55.9 Å². The van der Waals surface area contributed by atoms with E-state index in [1.54, 1.807) is 14.2 Å². The molecule has 3 rings (SSSR count). The zero-order chi connectivity index (χ0) is 27.0. The number of carboxylic acids is 2. The second kappa shape index (κ2) is 16.9. The summed E-state index contributed by atoms with van der Waals surface area (Å²) in [5, 5.41) is 19.7. The Bertz CT molecular complexity index is 1260. The molecule has 38 heavy (non-hydrogen) atoms. The van der Waals surface area contributed by atoms with Crippen LogP contribution in [0.25, 0.3) is 10.9 Å². The van der Waals surface area contributed by atoms with Crippen molar-refractivity contribution in [2.75, 3.05) is 46.0 Å². The molecule has 0 aliphatic heterocycles. The van der Waals surface area contributed by atoms with Gasteiger partial charge < -0.3 is 40.0 Å². The Morgan fingerprint density at radius 1 is 0.947 bits per heavy atom. The second-order valence-electron chi connectivity index (χ2n) is 7.08. The Labute approximate surface area is 219 Å². The first-order valence-corrected chi connectivity index (χ1v) is 10.9. The molecule has 0 bridgehead atoms. The lowest BCUT2D eigenvalue weighted by Gasteiger charge is -2.15. The van der Waals surface area contributed by atoms with Gasteiger partial charge >= 0.3 is 11.9 Å². The highest BCUT2D eigenvalue weighted by molar-refractivity contribution is 5.93. The molecular weight excluding hydrogens is 498 g/mol. The number of hydrogen-bond acceptors (Lipinski definition) is 9. The first kappa shape index (κ1) is 31.3. The van der Waals surface area contributed by atoms with Crippen molar-refractivity contribution in [1.82, 2.24) is 9.97 Å². The van der Waals surface area contributed by atoms with Crippen molar-refractivity contribution in [1.29, 1.82) is 0 Å². The third-order valence-corrected chi connectivity index (χ3v) is 4.45. The van der Waals surface area contributed by atoms with Crippen molar-refractivity contribution in [3.05, 3.63) is 60.4 Å². The van der Waals surface area contributed by atoms with E-state index in [-0.39, 0.29) is 5.48 Å². The Balaban J connectivity index is 0.000000699. The molecule has 1 aromatic heterocycles. The average Bonchev–Trinajstić information content (AvgIpc) is 2.88. The van der Waals surface area contributed by atoms with Crippen molar-refractivity contribution >= 4 is 34.3 Å². The van der Waals surface area contributed by atoms with Crippen LogP contribution in [0.1, 0.15) is 5.56 Å². The molecule has 202 valence electrons. The summed E-state index contributed by atoms with van der Waals surface area (Å²) in [5.41, 5.74) is 2.34. The van der Waals surface area contributed by atoms with Crippen molar-refractivity contribution < 1.29 is 44.2 Å². The molecule has 0 atom stereocenters. The molecule has 0 fully saturated rings. The van der Waals surface area contributed by atoms with E-state index in [9.17, 15) is 9.59 Å². The van der Waals surface area contributed by atoms with E-state index >= 15 is 0 Å².